The zero-order chi connectivity index (χ0) is 17.8. The minimum absolute atomic E-state index is 0.0274. The first-order chi connectivity index (χ1) is 12.0. The van der Waals surface area contributed by atoms with Gasteiger partial charge in [0.25, 0.3) is 5.69 Å². The first kappa shape index (κ1) is 16.9. The van der Waals surface area contributed by atoms with Crippen molar-refractivity contribution in [1.82, 2.24) is 4.90 Å². The molecular weight excluding hydrogens is 325 g/mol. The van der Waals surface area contributed by atoms with E-state index in [2.05, 4.69) is 0 Å². The largest absolute Gasteiger partial charge is 0.362 e. The number of benzene rings is 2. The topological polar surface area (TPSA) is 66.7 Å². The average molecular weight is 343 g/mol. The van der Waals surface area contributed by atoms with Gasteiger partial charge in [0.1, 0.15) is 11.5 Å². The van der Waals surface area contributed by atoms with Gasteiger partial charge in [0.15, 0.2) is 0 Å². The van der Waals surface area contributed by atoms with Crippen LogP contribution in [-0.4, -0.2) is 41.9 Å². The van der Waals surface area contributed by atoms with E-state index in [9.17, 15) is 19.3 Å². The molecule has 130 valence electrons. The second kappa shape index (κ2) is 7.29. The number of hydrogen-bond acceptors (Lipinski definition) is 4. The lowest BCUT2D eigenvalue weighted by atomic mass is 10.1. The average Bonchev–Trinajstić information content (AvgIpc) is 2.62. The third kappa shape index (κ3) is 3.93. The van der Waals surface area contributed by atoms with Crippen molar-refractivity contribution in [3.8, 4) is 0 Å². The van der Waals surface area contributed by atoms with Crippen molar-refractivity contribution in [2.75, 3.05) is 31.1 Å². The fourth-order valence-corrected chi connectivity index (χ4v) is 2.98. The van der Waals surface area contributed by atoms with E-state index in [1.807, 2.05) is 30.3 Å². The highest BCUT2D eigenvalue weighted by atomic mass is 19.1. The Balaban J connectivity index is 1.65. The van der Waals surface area contributed by atoms with Crippen molar-refractivity contribution in [2.24, 2.45) is 0 Å². The number of carbonyl (C=O) groups excluding carboxylic acids is 1. The van der Waals surface area contributed by atoms with Crippen molar-refractivity contribution in [3.63, 3.8) is 0 Å². The summed E-state index contributed by atoms with van der Waals surface area (Å²) in [6.07, 6.45) is 0.334. The van der Waals surface area contributed by atoms with Gasteiger partial charge in [-0.15, -0.1) is 0 Å². The zero-order valence-corrected chi connectivity index (χ0v) is 13.6. The molecule has 0 bridgehead atoms. The molecule has 2 aromatic carbocycles. The lowest BCUT2D eigenvalue weighted by Gasteiger charge is -2.35. The maximum Gasteiger partial charge on any atom is 0.292 e. The van der Waals surface area contributed by atoms with Crippen LogP contribution in [-0.2, 0) is 11.2 Å². The van der Waals surface area contributed by atoms with E-state index in [0.29, 0.717) is 32.6 Å². The Morgan fingerprint density at radius 2 is 1.76 bits per heavy atom. The van der Waals surface area contributed by atoms with Crippen LogP contribution in [0.4, 0.5) is 15.8 Å². The van der Waals surface area contributed by atoms with Gasteiger partial charge in [0.05, 0.1) is 11.3 Å². The number of hydrogen-bond donors (Lipinski definition) is 0. The molecule has 3 rings (SSSR count). The molecule has 0 N–H and O–H groups in total. The summed E-state index contributed by atoms with van der Waals surface area (Å²) >= 11 is 0. The van der Waals surface area contributed by atoms with Crippen molar-refractivity contribution in [1.29, 1.82) is 0 Å². The van der Waals surface area contributed by atoms with Gasteiger partial charge in [-0.05, 0) is 11.6 Å². The van der Waals surface area contributed by atoms with E-state index in [4.69, 9.17) is 0 Å². The normalized spacial score (nSPS) is 14.4. The zero-order valence-electron chi connectivity index (χ0n) is 13.6. The van der Waals surface area contributed by atoms with Crippen LogP contribution in [0.3, 0.4) is 0 Å². The Morgan fingerprint density at radius 3 is 2.40 bits per heavy atom. The molecule has 1 saturated heterocycles. The Morgan fingerprint density at radius 1 is 1.08 bits per heavy atom. The van der Waals surface area contributed by atoms with E-state index >= 15 is 0 Å². The van der Waals surface area contributed by atoms with Crippen LogP contribution in [0.2, 0.25) is 0 Å². The summed E-state index contributed by atoms with van der Waals surface area (Å²) in [5.74, 6) is -0.484. The van der Waals surface area contributed by atoms with Crippen LogP contribution in [0.1, 0.15) is 5.56 Å². The third-order valence-corrected chi connectivity index (χ3v) is 4.31. The summed E-state index contributed by atoms with van der Waals surface area (Å²) in [5, 5.41) is 11.1. The summed E-state index contributed by atoms with van der Waals surface area (Å²) in [7, 11) is 0. The molecule has 1 heterocycles. The second-order valence-corrected chi connectivity index (χ2v) is 5.92. The van der Waals surface area contributed by atoms with Gasteiger partial charge in [-0.2, -0.15) is 0 Å². The Labute approximate surface area is 144 Å². The van der Waals surface area contributed by atoms with Gasteiger partial charge in [-0.25, -0.2) is 4.39 Å². The number of halogens is 1. The number of nitrogens with zero attached hydrogens (tertiary/aromatic N) is 3. The van der Waals surface area contributed by atoms with Crippen molar-refractivity contribution in [3.05, 3.63) is 70.0 Å². The molecule has 6 nitrogen and oxygen atoms in total. The molecule has 1 amide bonds. The van der Waals surface area contributed by atoms with E-state index in [0.717, 1.165) is 11.6 Å². The maximum atomic E-state index is 13.5. The molecule has 0 unspecified atom stereocenters. The first-order valence-electron chi connectivity index (χ1n) is 8.05. The Kier molecular flexibility index (Phi) is 4.92. The molecule has 0 radical (unpaired) electrons. The first-order valence-corrected chi connectivity index (χ1v) is 8.05. The van der Waals surface area contributed by atoms with Crippen LogP contribution < -0.4 is 4.90 Å². The number of anilines is 1. The molecule has 1 aliphatic heterocycles. The standard InChI is InChI=1S/C18H18FN3O3/c19-15-6-7-16(22(24)25)17(13-15)20-8-10-21(11-9-20)18(23)12-14-4-2-1-3-5-14/h1-7,13H,8-12H2. The molecule has 0 aliphatic carbocycles. The summed E-state index contributed by atoms with van der Waals surface area (Å²) in [6, 6.07) is 12.9. The molecule has 7 heteroatoms. The van der Waals surface area contributed by atoms with Crippen LogP contribution in [0.25, 0.3) is 0 Å². The van der Waals surface area contributed by atoms with E-state index < -0.39 is 10.7 Å². The molecule has 0 spiro atoms. The molecule has 1 fully saturated rings. The van der Waals surface area contributed by atoms with Crippen LogP contribution >= 0.6 is 0 Å². The lowest BCUT2D eigenvalue weighted by Crippen LogP contribution is -2.49. The van der Waals surface area contributed by atoms with Gasteiger partial charge in [-0.1, -0.05) is 30.3 Å². The summed E-state index contributed by atoms with van der Waals surface area (Å²) < 4.78 is 13.5. The van der Waals surface area contributed by atoms with Crippen molar-refractivity contribution < 1.29 is 14.1 Å². The monoisotopic (exact) mass is 343 g/mol. The highest BCUT2D eigenvalue weighted by Gasteiger charge is 2.26. The number of rotatable bonds is 4. The number of nitro benzene ring substituents is 1. The molecule has 0 atom stereocenters. The summed E-state index contributed by atoms with van der Waals surface area (Å²) in [6.45, 7) is 1.79. The fraction of sp³-hybridized carbons (Fsp3) is 0.278. The van der Waals surface area contributed by atoms with Crippen LogP contribution in [0, 0.1) is 15.9 Å². The summed E-state index contributed by atoms with van der Waals surface area (Å²) in [4.78, 5) is 26.5. The third-order valence-electron chi connectivity index (χ3n) is 4.31. The van der Waals surface area contributed by atoms with Gasteiger partial charge in [0.2, 0.25) is 5.91 Å². The van der Waals surface area contributed by atoms with Crippen LogP contribution in [0.5, 0.6) is 0 Å². The number of piperazine rings is 1. The molecule has 0 saturated carbocycles. The predicted octanol–water partition coefficient (Wildman–Crippen LogP) is 2.63. The van der Waals surface area contributed by atoms with E-state index in [-0.39, 0.29) is 17.3 Å². The quantitative estimate of drug-likeness (QED) is 0.632. The van der Waals surface area contributed by atoms with Gasteiger partial charge in [-0.3, -0.25) is 14.9 Å². The molecule has 0 aromatic heterocycles. The van der Waals surface area contributed by atoms with Gasteiger partial charge in [0, 0.05) is 38.3 Å². The second-order valence-electron chi connectivity index (χ2n) is 5.92. The number of amides is 1. The highest BCUT2D eigenvalue weighted by Crippen LogP contribution is 2.29. The maximum absolute atomic E-state index is 13.5. The minimum Gasteiger partial charge on any atom is -0.362 e. The minimum atomic E-state index is -0.512. The lowest BCUT2D eigenvalue weighted by molar-refractivity contribution is -0.384. The van der Waals surface area contributed by atoms with Crippen molar-refractivity contribution in [2.45, 2.75) is 6.42 Å². The van der Waals surface area contributed by atoms with Gasteiger partial charge >= 0.3 is 0 Å². The Hall–Kier alpha value is -2.96. The van der Waals surface area contributed by atoms with Crippen molar-refractivity contribution >= 4 is 17.3 Å². The predicted molar refractivity (Wildman–Crippen MR) is 92.0 cm³/mol. The molecule has 1 aliphatic rings. The highest BCUT2D eigenvalue weighted by molar-refractivity contribution is 5.79. The fourth-order valence-electron chi connectivity index (χ4n) is 2.98. The van der Waals surface area contributed by atoms with Gasteiger partial charge < -0.3 is 9.80 Å². The van der Waals surface area contributed by atoms with Crippen LogP contribution in [0.15, 0.2) is 48.5 Å². The molecule has 2 aromatic rings. The Bertz CT molecular complexity index is 774. The number of nitro groups is 1. The smallest absolute Gasteiger partial charge is 0.292 e. The molecular formula is C18H18FN3O3. The van der Waals surface area contributed by atoms with E-state index in [1.165, 1.54) is 12.1 Å². The SMILES string of the molecule is O=C(Cc1ccccc1)N1CCN(c2cc(F)ccc2[N+](=O)[O-])CC1. The summed E-state index contributed by atoms with van der Waals surface area (Å²) in [5.41, 5.74) is 1.10. The molecule has 25 heavy (non-hydrogen) atoms. The number of carbonyl (C=O) groups is 1. The van der Waals surface area contributed by atoms with E-state index in [1.54, 1.807) is 9.80 Å².